The smallest absolute Gasteiger partial charge is 0.123 e. The van der Waals surface area contributed by atoms with Crippen LogP contribution in [-0.2, 0) is 6.54 Å². The lowest BCUT2D eigenvalue weighted by molar-refractivity contribution is 0.627. The Kier molecular flexibility index (Phi) is 3.82. The molecule has 0 saturated carbocycles. The van der Waals surface area contributed by atoms with Crippen LogP contribution < -0.4 is 10.2 Å². The zero-order valence-corrected chi connectivity index (χ0v) is 10.7. The topological polar surface area (TPSA) is 15.3 Å². The fourth-order valence-electron chi connectivity index (χ4n) is 1.85. The van der Waals surface area contributed by atoms with Crippen molar-refractivity contribution in [1.82, 2.24) is 0 Å². The standard InChI is InChI=1S/C15H17FN2/c1-17-14-4-3-5-15(10-14)18(2)11-12-6-8-13(16)9-7-12/h3-10,17H,11H2,1-2H3. The van der Waals surface area contributed by atoms with E-state index in [1.165, 1.54) is 12.1 Å². The first kappa shape index (κ1) is 12.4. The minimum atomic E-state index is -0.196. The van der Waals surface area contributed by atoms with Gasteiger partial charge in [-0.15, -0.1) is 0 Å². The van der Waals surface area contributed by atoms with Gasteiger partial charge in [0, 0.05) is 32.0 Å². The summed E-state index contributed by atoms with van der Waals surface area (Å²) in [5, 5.41) is 3.12. The minimum Gasteiger partial charge on any atom is -0.388 e. The maximum Gasteiger partial charge on any atom is 0.123 e. The van der Waals surface area contributed by atoms with Gasteiger partial charge in [-0.3, -0.25) is 0 Å². The summed E-state index contributed by atoms with van der Waals surface area (Å²) in [6, 6.07) is 14.8. The predicted octanol–water partition coefficient (Wildman–Crippen LogP) is 3.50. The van der Waals surface area contributed by atoms with Crippen molar-refractivity contribution in [3.05, 3.63) is 59.9 Å². The van der Waals surface area contributed by atoms with Crippen molar-refractivity contribution in [3.8, 4) is 0 Å². The monoisotopic (exact) mass is 244 g/mol. The summed E-state index contributed by atoms with van der Waals surface area (Å²) in [5.74, 6) is -0.196. The Morgan fingerprint density at radius 2 is 1.83 bits per heavy atom. The third-order valence-corrected chi connectivity index (χ3v) is 2.91. The summed E-state index contributed by atoms with van der Waals surface area (Å²) in [7, 11) is 3.93. The van der Waals surface area contributed by atoms with E-state index < -0.39 is 0 Å². The molecule has 0 saturated heterocycles. The summed E-state index contributed by atoms with van der Waals surface area (Å²) in [4.78, 5) is 2.13. The summed E-state index contributed by atoms with van der Waals surface area (Å²) >= 11 is 0. The Morgan fingerprint density at radius 3 is 2.50 bits per heavy atom. The molecule has 2 aromatic rings. The summed E-state index contributed by atoms with van der Waals surface area (Å²) in [6.45, 7) is 0.757. The molecule has 94 valence electrons. The quantitative estimate of drug-likeness (QED) is 0.885. The summed E-state index contributed by atoms with van der Waals surface area (Å²) < 4.78 is 12.8. The van der Waals surface area contributed by atoms with Crippen LogP contribution in [0.1, 0.15) is 5.56 Å². The van der Waals surface area contributed by atoms with Crippen molar-refractivity contribution < 1.29 is 4.39 Å². The van der Waals surface area contributed by atoms with Crippen LogP contribution >= 0.6 is 0 Å². The molecule has 2 aromatic carbocycles. The molecule has 0 spiro atoms. The second-order valence-corrected chi connectivity index (χ2v) is 4.28. The van der Waals surface area contributed by atoms with Crippen LogP contribution in [0.4, 0.5) is 15.8 Å². The zero-order chi connectivity index (χ0) is 13.0. The lowest BCUT2D eigenvalue weighted by Gasteiger charge is -2.20. The number of halogens is 1. The molecule has 0 bridgehead atoms. The molecule has 0 amide bonds. The van der Waals surface area contributed by atoms with E-state index in [0.29, 0.717) is 0 Å². The van der Waals surface area contributed by atoms with E-state index in [-0.39, 0.29) is 5.82 Å². The number of nitrogens with zero attached hydrogens (tertiary/aromatic N) is 1. The highest BCUT2D eigenvalue weighted by Crippen LogP contribution is 2.19. The molecule has 2 nitrogen and oxygen atoms in total. The highest BCUT2D eigenvalue weighted by molar-refractivity contribution is 5.57. The molecular weight excluding hydrogens is 227 g/mol. The maximum absolute atomic E-state index is 12.8. The summed E-state index contributed by atoms with van der Waals surface area (Å²) in [6.07, 6.45) is 0. The van der Waals surface area contributed by atoms with Gasteiger partial charge in [-0.1, -0.05) is 18.2 Å². The second kappa shape index (κ2) is 5.54. The molecule has 3 heteroatoms. The van der Waals surface area contributed by atoms with Gasteiger partial charge in [-0.2, -0.15) is 0 Å². The third kappa shape index (κ3) is 3.00. The van der Waals surface area contributed by atoms with Crippen LogP contribution in [0.5, 0.6) is 0 Å². The fraction of sp³-hybridized carbons (Fsp3) is 0.200. The lowest BCUT2D eigenvalue weighted by atomic mass is 10.2. The normalized spacial score (nSPS) is 10.2. The number of hydrogen-bond acceptors (Lipinski definition) is 2. The highest BCUT2D eigenvalue weighted by Gasteiger charge is 2.03. The Labute approximate surface area is 107 Å². The van der Waals surface area contributed by atoms with Gasteiger partial charge in [0.15, 0.2) is 0 Å². The van der Waals surface area contributed by atoms with E-state index in [1.807, 2.05) is 38.4 Å². The van der Waals surface area contributed by atoms with Crippen LogP contribution in [0, 0.1) is 5.82 Å². The molecule has 0 radical (unpaired) electrons. The molecule has 0 aliphatic heterocycles. The van der Waals surface area contributed by atoms with Gasteiger partial charge in [0.25, 0.3) is 0 Å². The molecule has 2 rings (SSSR count). The number of nitrogens with one attached hydrogen (secondary N) is 1. The Bertz CT molecular complexity index is 508. The maximum atomic E-state index is 12.8. The van der Waals surface area contributed by atoms with E-state index in [4.69, 9.17) is 0 Å². The average Bonchev–Trinajstić information content (AvgIpc) is 2.41. The van der Waals surface area contributed by atoms with E-state index in [0.717, 1.165) is 23.5 Å². The second-order valence-electron chi connectivity index (χ2n) is 4.28. The predicted molar refractivity (Wildman–Crippen MR) is 74.5 cm³/mol. The Balaban J connectivity index is 2.11. The lowest BCUT2D eigenvalue weighted by Crippen LogP contribution is -2.16. The molecular formula is C15H17FN2. The summed E-state index contributed by atoms with van der Waals surface area (Å²) in [5.41, 5.74) is 3.30. The van der Waals surface area contributed by atoms with E-state index >= 15 is 0 Å². The number of hydrogen-bond donors (Lipinski definition) is 1. The molecule has 18 heavy (non-hydrogen) atoms. The van der Waals surface area contributed by atoms with Gasteiger partial charge in [0.1, 0.15) is 5.82 Å². The van der Waals surface area contributed by atoms with Gasteiger partial charge in [0.05, 0.1) is 0 Å². The third-order valence-electron chi connectivity index (χ3n) is 2.91. The first-order valence-electron chi connectivity index (χ1n) is 5.92. The van der Waals surface area contributed by atoms with Gasteiger partial charge in [-0.05, 0) is 35.9 Å². The number of anilines is 2. The van der Waals surface area contributed by atoms with Crippen molar-refractivity contribution in [2.45, 2.75) is 6.54 Å². The molecule has 0 atom stereocenters. The Morgan fingerprint density at radius 1 is 1.11 bits per heavy atom. The number of rotatable bonds is 4. The molecule has 0 aromatic heterocycles. The molecule has 0 heterocycles. The molecule has 1 N–H and O–H groups in total. The Hall–Kier alpha value is -2.03. The van der Waals surface area contributed by atoms with E-state index in [1.54, 1.807) is 0 Å². The van der Waals surface area contributed by atoms with Gasteiger partial charge in [0.2, 0.25) is 0 Å². The molecule has 0 fully saturated rings. The van der Waals surface area contributed by atoms with Crippen molar-refractivity contribution in [1.29, 1.82) is 0 Å². The average molecular weight is 244 g/mol. The van der Waals surface area contributed by atoms with Crippen molar-refractivity contribution >= 4 is 11.4 Å². The van der Waals surface area contributed by atoms with Gasteiger partial charge >= 0.3 is 0 Å². The minimum absolute atomic E-state index is 0.196. The molecule has 0 aliphatic carbocycles. The number of benzene rings is 2. The highest BCUT2D eigenvalue weighted by atomic mass is 19.1. The van der Waals surface area contributed by atoms with Crippen LogP contribution in [0.25, 0.3) is 0 Å². The van der Waals surface area contributed by atoms with Crippen molar-refractivity contribution in [3.63, 3.8) is 0 Å². The largest absolute Gasteiger partial charge is 0.388 e. The van der Waals surface area contributed by atoms with Crippen molar-refractivity contribution in [2.75, 3.05) is 24.3 Å². The first-order chi connectivity index (χ1) is 8.69. The van der Waals surface area contributed by atoms with Crippen LogP contribution in [-0.4, -0.2) is 14.1 Å². The fourth-order valence-corrected chi connectivity index (χ4v) is 1.85. The van der Waals surface area contributed by atoms with Gasteiger partial charge < -0.3 is 10.2 Å². The first-order valence-corrected chi connectivity index (χ1v) is 5.92. The van der Waals surface area contributed by atoms with Crippen LogP contribution in [0.2, 0.25) is 0 Å². The molecule has 0 unspecified atom stereocenters. The van der Waals surface area contributed by atoms with E-state index in [9.17, 15) is 4.39 Å². The van der Waals surface area contributed by atoms with Crippen molar-refractivity contribution in [2.24, 2.45) is 0 Å². The van der Waals surface area contributed by atoms with E-state index in [2.05, 4.69) is 22.3 Å². The zero-order valence-electron chi connectivity index (χ0n) is 10.7. The van der Waals surface area contributed by atoms with Crippen LogP contribution in [0.3, 0.4) is 0 Å². The van der Waals surface area contributed by atoms with Crippen LogP contribution in [0.15, 0.2) is 48.5 Å². The van der Waals surface area contributed by atoms with Gasteiger partial charge in [-0.25, -0.2) is 4.39 Å². The molecule has 0 aliphatic rings. The SMILES string of the molecule is CNc1cccc(N(C)Cc2ccc(F)cc2)c1.